The number of rotatable bonds is 7. The van der Waals surface area contributed by atoms with Gasteiger partial charge in [-0.1, -0.05) is 52.0 Å². The molecule has 1 amide bonds. The summed E-state index contributed by atoms with van der Waals surface area (Å²) in [6, 6.07) is 12.6. The number of fused-ring (bicyclic) bond motifs is 1. The number of carbonyl (C=O) groups excluding carboxylic acids is 1. The minimum Gasteiger partial charge on any atom is -0.355 e. The van der Waals surface area contributed by atoms with E-state index in [0.29, 0.717) is 17.5 Å². The van der Waals surface area contributed by atoms with Crippen LogP contribution < -0.4 is 10.2 Å². The topological polar surface area (TPSA) is 88.3 Å². The summed E-state index contributed by atoms with van der Waals surface area (Å²) >= 11 is 0. The molecule has 170 valence electrons. The molecule has 4 rings (SSSR count). The number of aromatic nitrogens is 5. The van der Waals surface area contributed by atoms with E-state index in [9.17, 15) is 4.79 Å². The average molecular weight is 436 g/mol. The van der Waals surface area contributed by atoms with E-state index in [1.54, 1.807) is 0 Å². The van der Waals surface area contributed by atoms with Crippen LogP contribution in [0.4, 0.5) is 5.82 Å². The van der Waals surface area contributed by atoms with Crippen molar-refractivity contribution in [1.82, 2.24) is 30.6 Å². The third-order valence-corrected chi connectivity index (χ3v) is 6.69. The molecule has 0 bridgehead atoms. The average Bonchev–Trinajstić information content (AvgIpc) is 3.30. The van der Waals surface area contributed by atoms with Crippen LogP contribution in [0.1, 0.15) is 70.0 Å². The van der Waals surface area contributed by atoms with E-state index in [1.807, 2.05) is 12.1 Å². The molecule has 8 nitrogen and oxygen atoms in total. The van der Waals surface area contributed by atoms with E-state index in [2.05, 4.69) is 82.8 Å². The molecule has 0 spiro atoms. The maximum absolute atomic E-state index is 13.1. The Morgan fingerprint density at radius 2 is 1.75 bits per heavy atom. The summed E-state index contributed by atoms with van der Waals surface area (Å²) in [5, 5.41) is 19.2. The zero-order valence-electron chi connectivity index (χ0n) is 19.4. The number of carbonyl (C=O) groups is 1. The van der Waals surface area contributed by atoms with Crippen LogP contribution in [0.5, 0.6) is 0 Å². The van der Waals surface area contributed by atoms with Gasteiger partial charge in [-0.25, -0.2) is 0 Å². The normalized spacial score (nSPS) is 17.0. The number of anilines is 1. The molecule has 2 atom stereocenters. The summed E-state index contributed by atoms with van der Waals surface area (Å²) in [4.78, 5) is 15.3. The number of piperidine rings is 1. The first-order valence-corrected chi connectivity index (χ1v) is 11.7. The predicted molar refractivity (Wildman–Crippen MR) is 124 cm³/mol. The minimum absolute atomic E-state index is 0.0173. The first-order valence-electron chi connectivity index (χ1n) is 11.7. The Labute approximate surface area is 189 Å². The van der Waals surface area contributed by atoms with E-state index in [-0.39, 0.29) is 17.9 Å². The van der Waals surface area contributed by atoms with Crippen molar-refractivity contribution in [2.45, 2.75) is 58.9 Å². The van der Waals surface area contributed by atoms with Gasteiger partial charge >= 0.3 is 0 Å². The van der Waals surface area contributed by atoms with E-state index >= 15 is 0 Å². The molecule has 0 saturated carbocycles. The first-order chi connectivity index (χ1) is 15.5. The summed E-state index contributed by atoms with van der Waals surface area (Å²) < 4.78 is 1.44. The Hall–Kier alpha value is -3.03. The number of nitrogens with one attached hydrogen (secondary N) is 1. The Kier molecular flexibility index (Phi) is 6.67. The molecule has 1 aliphatic rings. The highest BCUT2D eigenvalue weighted by molar-refractivity contribution is 5.79. The molecule has 3 heterocycles. The van der Waals surface area contributed by atoms with Crippen LogP contribution in [-0.2, 0) is 4.79 Å². The SMILES string of the molecule is CC[C@H](C)c1ccc([C@H](NC(=O)C2CCN(c3ccc4nnnn4n3)CC2)C(C)C)cc1. The Balaban J connectivity index is 1.37. The van der Waals surface area contributed by atoms with E-state index in [4.69, 9.17) is 0 Å². The predicted octanol–water partition coefficient (Wildman–Crippen LogP) is 3.76. The van der Waals surface area contributed by atoms with Crippen molar-refractivity contribution in [2.24, 2.45) is 11.8 Å². The molecule has 1 fully saturated rings. The molecule has 3 aromatic rings. The number of nitrogens with zero attached hydrogens (tertiary/aromatic N) is 6. The van der Waals surface area contributed by atoms with E-state index in [0.717, 1.165) is 38.2 Å². The zero-order valence-corrected chi connectivity index (χ0v) is 19.4. The van der Waals surface area contributed by atoms with Crippen molar-refractivity contribution in [2.75, 3.05) is 18.0 Å². The third-order valence-electron chi connectivity index (χ3n) is 6.69. The summed E-state index contributed by atoms with van der Waals surface area (Å²) in [5.41, 5.74) is 3.16. The third kappa shape index (κ3) is 4.74. The number of hydrogen-bond donors (Lipinski definition) is 1. The number of hydrogen-bond acceptors (Lipinski definition) is 6. The van der Waals surface area contributed by atoms with Crippen LogP contribution >= 0.6 is 0 Å². The van der Waals surface area contributed by atoms with Crippen molar-refractivity contribution in [3.05, 3.63) is 47.5 Å². The molecule has 1 saturated heterocycles. The van der Waals surface area contributed by atoms with Gasteiger partial charge in [-0.3, -0.25) is 4.79 Å². The van der Waals surface area contributed by atoms with Gasteiger partial charge in [0.25, 0.3) is 0 Å². The Morgan fingerprint density at radius 3 is 2.41 bits per heavy atom. The van der Waals surface area contributed by atoms with Crippen LogP contribution in [0, 0.1) is 11.8 Å². The highest BCUT2D eigenvalue weighted by atomic mass is 16.2. The molecule has 0 radical (unpaired) electrons. The lowest BCUT2D eigenvalue weighted by Crippen LogP contribution is -2.42. The Morgan fingerprint density at radius 1 is 1.06 bits per heavy atom. The lowest BCUT2D eigenvalue weighted by atomic mass is 9.90. The lowest BCUT2D eigenvalue weighted by molar-refractivity contribution is -0.126. The summed E-state index contributed by atoms with van der Waals surface area (Å²) in [7, 11) is 0. The Bertz CT molecular complexity index is 1040. The second kappa shape index (κ2) is 9.63. The second-order valence-corrected chi connectivity index (χ2v) is 9.19. The summed E-state index contributed by atoms with van der Waals surface area (Å²) in [6.07, 6.45) is 2.74. The highest BCUT2D eigenvalue weighted by Crippen LogP contribution is 2.27. The van der Waals surface area contributed by atoms with Crippen molar-refractivity contribution < 1.29 is 4.79 Å². The number of tetrazole rings is 1. The van der Waals surface area contributed by atoms with Crippen LogP contribution in [0.3, 0.4) is 0 Å². The van der Waals surface area contributed by atoms with Gasteiger partial charge in [0, 0.05) is 19.0 Å². The molecule has 2 aromatic heterocycles. The van der Waals surface area contributed by atoms with Gasteiger partial charge in [0.05, 0.1) is 6.04 Å². The molecular weight excluding hydrogens is 402 g/mol. The van der Waals surface area contributed by atoms with E-state index < -0.39 is 0 Å². The fourth-order valence-electron chi connectivity index (χ4n) is 4.35. The van der Waals surface area contributed by atoms with Gasteiger partial charge in [-0.15, -0.1) is 14.8 Å². The van der Waals surface area contributed by atoms with Crippen LogP contribution in [0.2, 0.25) is 0 Å². The van der Waals surface area contributed by atoms with Crippen molar-refractivity contribution in [1.29, 1.82) is 0 Å². The van der Waals surface area contributed by atoms with Crippen LogP contribution in [-0.4, -0.2) is 44.3 Å². The van der Waals surface area contributed by atoms with E-state index in [1.165, 1.54) is 15.8 Å². The molecule has 1 aliphatic heterocycles. The highest BCUT2D eigenvalue weighted by Gasteiger charge is 2.28. The van der Waals surface area contributed by atoms with Gasteiger partial charge in [-0.05, 0) is 64.8 Å². The number of benzene rings is 1. The maximum Gasteiger partial charge on any atom is 0.223 e. The van der Waals surface area contributed by atoms with Gasteiger partial charge in [0.1, 0.15) is 0 Å². The smallest absolute Gasteiger partial charge is 0.223 e. The zero-order chi connectivity index (χ0) is 22.7. The minimum atomic E-state index is 0.0173. The fourth-order valence-corrected chi connectivity index (χ4v) is 4.35. The maximum atomic E-state index is 13.1. The monoisotopic (exact) mass is 435 g/mol. The van der Waals surface area contributed by atoms with Gasteiger partial charge in [-0.2, -0.15) is 0 Å². The lowest BCUT2D eigenvalue weighted by Gasteiger charge is -2.33. The van der Waals surface area contributed by atoms with Crippen LogP contribution in [0.15, 0.2) is 36.4 Å². The first kappa shape index (κ1) is 22.2. The van der Waals surface area contributed by atoms with Gasteiger partial charge in [0.15, 0.2) is 11.5 Å². The molecule has 1 aromatic carbocycles. The second-order valence-electron chi connectivity index (χ2n) is 9.19. The molecular formula is C24H33N7O. The molecule has 32 heavy (non-hydrogen) atoms. The van der Waals surface area contributed by atoms with Gasteiger partial charge in [0.2, 0.25) is 5.91 Å². The van der Waals surface area contributed by atoms with Crippen LogP contribution in [0.25, 0.3) is 5.65 Å². The number of amides is 1. The van der Waals surface area contributed by atoms with Crippen molar-refractivity contribution in [3.63, 3.8) is 0 Å². The summed E-state index contributed by atoms with van der Waals surface area (Å²) in [6.45, 7) is 10.4. The molecule has 0 unspecified atom stereocenters. The molecule has 1 N–H and O–H groups in total. The molecule has 8 heteroatoms. The standard InChI is InChI=1S/C24H33N7O/c1-5-17(4)18-6-8-19(9-7-18)23(16(2)3)25-24(32)20-12-14-30(15-13-20)22-11-10-21-26-28-29-31(21)27-22/h6-11,16-17,20,23H,5,12-15H2,1-4H3,(H,25,32)/t17-,23+/m0/s1. The quantitative estimate of drug-likeness (QED) is 0.608. The van der Waals surface area contributed by atoms with Gasteiger partial charge < -0.3 is 10.2 Å². The fraction of sp³-hybridized carbons (Fsp3) is 0.542. The van der Waals surface area contributed by atoms with Crippen molar-refractivity contribution in [3.8, 4) is 0 Å². The largest absolute Gasteiger partial charge is 0.355 e. The van der Waals surface area contributed by atoms with Crippen molar-refractivity contribution >= 4 is 17.4 Å². The molecule has 0 aliphatic carbocycles. The summed E-state index contributed by atoms with van der Waals surface area (Å²) in [5.74, 6) is 1.88.